The molecule has 0 aliphatic carbocycles. The number of anilines is 1. The molecule has 9 heteroatoms. The first-order chi connectivity index (χ1) is 17.0. The Morgan fingerprint density at radius 3 is 2.14 bits per heavy atom. The van der Waals surface area contributed by atoms with Gasteiger partial charge >= 0.3 is 0 Å². The van der Waals surface area contributed by atoms with Crippen molar-refractivity contribution in [3.8, 4) is 0 Å². The van der Waals surface area contributed by atoms with Gasteiger partial charge in [0, 0.05) is 13.6 Å². The van der Waals surface area contributed by atoms with Crippen LogP contribution in [0.5, 0.6) is 0 Å². The van der Waals surface area contributed by atoms with Crippen molar-refractivity contribution in [2.45, 2.75) is 38.3 Å². The van der Waals surface area contributed by atoms with E-state index in [-0.39, 0.29) is 23.0 Å². The first-order valence-electron chi connectivity index (χ1n) is 11.4. The molecule has 1 atom stereocenters. The minimum absolute atomic E-state index is 0.123. The van der Waals surface area contributed by atoms with E-state index in [0.29, 0.717) is 0 Å². The molecule has 3 rings (SSSR count). The number of hydrogen-bond donors (Lipinski definition) is 1. The molecule has 36 heavy (non-hydrogen) atoms. The molecule has 0 heterocycles. The molecule has 0 aliphatic rings. The maximum Gasteiger partial charge on any atom is 0.264 e. The second-order valence-electron chi connectivity index (χ2n) is 8.54. The Morgan fingerprint density at radius 2 is 1.56 bits per heavy atom. The van der Waals surface area contributed by atoms with Gasteiger partial charge in [0.15, 0.2) is 0 Å². The van der Waals surface area contributed by atoms with Crippen LogP contribution in [0.25, 0.3) is 0 Å². The zero-order valence-electron chi connectivity index (χ0n) is 20.7. The van der Waals surface area contributed by atoms with Crippen LogP contribution < -0.4 is 9.62 Å². The fraction of sp³-hybridized carbons (Fsp3) is 0.259. The Morgan fingerprint density at radius 1 is 0.944 bits per heavy atom. The lowest BCUT2D eigenvalue weighted by molar-refractivity contribution is -0.139. The Bertz CT molecular complexity index is 1330. The molecule has 0 radical (unpaired) electrons. The highest BCUT2D eigenvalue weighted by atomic mass is 32.2. The van der Waals surface area contributed by atoms with Crippen LogP contribution >= 0.6 is 0 Å². The molecule has 2 amide bonds. The zero-order chi connectivity index (χ0) is 26.5. The van der Waals surface area contributed by atoms with E-state index < -0.39 is 34.3 Å². The summed E-state index contributed by atoms with van der Waals surface area (Å²) in [6.07, 6.45) is 0. The average molecular weight is 512 g/mol. The summed E-state index contributed by atoms with van der Waals surface area (Å²) in [7, 11) is -2.75. The highest BCUT2D eigenvalue weighted by Crippen LogP contribution is 2.25. The van der Waals surface area contributed by atoms with E-state index in [1.54, 1.807) is 31.2 Å². The number of sulfonamides is 1. The third-order valence-corrected chi connectivity index (χ3v) is 7.81. The highest BCUT2D eigenvalue weighted by molar-refractivity contribution is 7.92. The number of rotatable bonds is 9. The van der Waals surface area contributed by atoms with Crippen molar-refractivity contribution in [1.82, 2.24) is 10.2 Å². The predicted molar refractivity (Wildman–Crippen MR) is 137 cm³/mol. The number of carbonyl (C=O) groups is 2. The van der Waals surface area contributed by atoms with Gasteiger partial charge in [0.05, 0.1) is 10.6 Å². The largest absolute Gasteiger partial charge is 0.357 e. The average Bonchev–Trinajstić information content (AvgIpc) is 2.86. The van der Waals surface area contributed by atoms with E-state index in [9.17, 15) is 22.4 Å². The first-order valence-corrected chi connectivity index (χ1v) is 12.9. The standard InChI is InChI=1S/C27H30FN3O4S/c1-19-9-13-24(14-10-19)31(36(34,35)25-15-11-23(28)12-16-25)18-26(32)30(21(3)27(33)29-4)17-22-8-6-5-7-20(22)2/h5-16,21H,17-18H2,1-4H3,(H,29,33)/t21-/m1/s1. The molecular weight excluding hydrogens is 481 g/mol. The normalized spacial score (nSPS) is 12.0. The number of nitrogens with zero attached hydrogens (tertiary/aromatic N) is 2. The molecule has 0 aliphatic heterocycles. The monoisotopic (exact) mass is 511 g/mol. The van der Waals surface area contributed by atoms with Crippen LogP contribution in [0.2, 0.25) is 0 Å². The van der Waals surface area contributed by atoms with Gasteiger partial charge in [0.2, 0.25) is 11.8 Å². The lowest BCUT2D eigenvalue weighted by Crippen LogP contribution is -2.50. The SMILES string of the molecule is CNC(=O)[C@@H](C)N(Cc1ccccc1C)C(=O)CN(c1ccc(C)cc1)S(=O)(=O)c1ccc(F)cc1. The molecule has 0 spiro atoms. The minimum atomic E-state index is -4.23. The summed E-state index contributed by atoms with van der Waals surface area (Å²) in [5, 5.41) is 2.55. The number of carbonyl (C=O) groups excluding carboxylic acids is 2. The third kappa shape index (κ3) is 6.09. The molecule has 0 bridgehead atoms. The van der Waals surface area contributed by atoms with Crippen LogP contribution in [0.15, 0.2) is 77.7 Å². The molecule has 0 saturated carbocycles. The van der Waals surface area contributed by atoms with Crippen LogP contribution in [0.1, 0.15) is 23.6 Å². The molecular formula is C27H30FN3O4S. The number of benzene rings is 3. The lowest BCUT2D eigenvalue weighted by Gasteiger charge is -2.32. The summed E-state index contributed by atoms with van der Waals surface area (Å²) in [4.78, 5) is 27.4. The quantitative estimate of drug-likeness (QED) is 0.474. The second kappa shape index (κ2) is 11.3. The fourth-order valence-corrected chi connectivity index (χ4v) is 5.15. The van der Waals surface area contributed by atoms with Gasteiger partial charge < -0.3 is 10.2 Å². The van der Waals surface area contributed by atoms with E-state index in [1.165, 1.54) is 11.9 Å². The maximum absolute atomic E-state index is 13.7. The van der Waals surface area contributed by atoms with E-state index >= 15 is 0 Å². The summed E-state index contributed by atoms with van der Waals surface area (Å²) < 4.78 is 41.7. The second-order valence-corrected chi connectivity index (χ2v) is 10.4. The topological polar surface area (TPSA) is 86.8 Å². The van der Waals surface area contributed by atoms with E-state index in [1.807, 2.05) is 38.1 Å². The minimum Gasteiger partial charge on any atom is -0.357 e. The molecule has 3 aromatic carbocycles. The molecule has 190 valence electrons. The number of aryl methyl sites for hydroxylation is 2. The highest BCUT2D eigenvalue weighted by Gasteiger charge is 2.32. The zero-order valence-corrected chi connectivity index (χ0v) is 21.5. The van der Waals surface area contributed by atoms with E-state index in [4.69, 9.17) is 0 Å². The van der Waals surface area contributed by atoms with Crippen molar-refractivity contribution in [2.75, 3.05) is 17.9 Å². The number of nitrogens with one attached hydrogen (secondary N) is 1. The molecule has 3 aromatic rings. The molecule has 0 fully saturated rings. The molecule has 7 nitrogen and oxygen atoms in total. The van der Waals surface area contributed by atoms with Crippen molar-refractivity contribution < 1.29 is 22.4 Å². The van der Waals surface area contributed by atoms with E-state index in [2.05, 4.69) is 5.32 Å². The number of amides is 2. The maximum atomic E-state index is 13.7. The number of likely N-dealkylation sites (N-methyl/N-ethyl adjacent to an activating group) is 1. The van der Waals surface area contributed by atoms with Crippen LogP contribution in [0.4, 0.5) is 10.1 Å². The Hall–Kier alpha value is -3.72. The van der Waals surface area contributed by atoms with Gasteiger partial charge in [-0.2, -0.15) is 0 Å². The van der Waals surface area contributed by atoms with Crippen LogP contribution in [0, 0.1) is 19.7 Å². The van der Waals surface area contributed by atoms with Gasteiger partial charge in [0.1, 0.15) is 18.4 Å². The third-order valence-electron chi connectivity index (χ3n) is 6.02. The van der Waals surface area contributed by atoms with Gasteiger partial charge in [-0.1, -0.05) is 42.0 Å². The fourth-order valence-electron chi connectivity index (χ4n) is 3.74. The summed E-state index contributed by atoms with van der Waals surface area (Å²) in [5.74, 6) is -1.50. The van der Waals surface area contributed by atoms with Crippen molar-refractivity contribution in [1.29, 1.82) is 0 Å². The molecule has 0 saturated heterocycles. The van der Waals surface area contributed by atoms with Gasteiger partial charge in [-0.15, -0.1) is 0 Å². The summed E-state index contributed by atoms with van der Waals surface area (Å²) in [6, 6.07) is 17.8. The number of hydrogen-bond acceptors (Lipinski definition) is 4. The molecule has 1 N–H and O–H groups in total. The Balaban J connectivity index is 2.03. The Labute approximate surface area is 211 Å². The predicted octanol–water partition coefficient (Wildman–Crippen LogP) is 3.80. The van der Waals surface area contributed by atoms with E-state index in [0.717, 1.165) is 45.3 Å². The smallest absolute Gasteiger partial charge is 0.264 e. The van der Waals surface area contributed by atoms with Crippen LogP contribution in [0.3, 0.4) is 0 Å². The van der Waals surface area contributed by atoms with Crippen molar-refractivity contribution in [2.24, 2.45) is 0 Å². The molecule has 0 aromatic heterocycles. The Kier molecular flexibility index (Phi) is 8.47. The van der Waals surface area contributed by atoms with Crippen molar-refractivity contribution in [3.05, 3.63) is 95.3 Å². The van der Waals surface area contributed by atoms with Gasteiger partial charge in [-0.25, -0.2) is 12.8 Å². The van der Waals surface area contributed by atoms with Crippen molar-refractivity contribution >= 4 is 27.5 Å². The number of halogens is 1. The molecule has 0 unspecified atom stereocenters. The lowest BCUT2D eigenvalue weighted by atomic mass is 10.1. The van der Waals surface area contributed by atoms with Crippen LogP contribution in [-0.2, 0) is 26.2 Å². The van der Waals surface area contributed by atoms with Gasteiger partial charge in [-0.3, -0.25) is 13.9 Å². The van der Waals surface area contributed by atoms with Crippen LogP contribution in [-0.4, -0.2) is 44.8 Å². The van der Waals surface area contributed by atoms with Gasteiger partial charge in [0.25, 0.3) is 10.0 Å². The van der Waals surface area contributed by atoms with Crippen molar-refractivity contribution in [3.63, 3.8) is 0 Å². The van der Waals surface area contributed by atoms with Gasteiger partial charge in [-0.05, 0) is 68.3 Å². The summed E-state index contributed by atoms with van der Waals surface area (Å²) in [5.41, 5.74) is 2.97. The first kappa shape index (κ1) is 26.9. The summed E-state index contributed by atoms with van der Waals surface area (Å²) in [6.45, 7) is 4.94. The summed E-state index contributed by atoms with van der Waals surface area (Å²) >= 11 is 0.